The van der Waals surface area contributed by atoms with Crippen molar-refractivity contribution in [2.45, 2.75) is 71.4 Å². The van der Waals surface area contributed by atoms with Crippen LogP contribution in [0.3, 0.4) is 0 Å². The van der Waals surface area contributed by atoms with Crippen molar-refractivity contribution in [3.8, 4) is 0 Å². The molecule has 2 aromatic rings. The third-order valence-corrected chi connectivity index (χ3v) is 7.08. The summed E-state index contributed by atoms with van der Waals surface area (Å²) in [6, 6.07) is 13.1. The molecule has 170 valence electrons. The number of halogens is 1. The molecule has 0 N–H and O–H groups in total. The second-order valence-electron chi connectivity index (χ2n) is 9.21. The average Bonchev–Trinajstić information content (AvgIpc) is 3.25. The number of benzene rings is 2. The van der Waals surface area contributed by atoms with Gasteiger partial charge < -0.3 is 0 Å². The number of hydrogen-bond acceptors (Lipinski definition) is 3. The van der Waals surface area contributed by atoms with E-state index in [0.29, 0.717) is 19.0 Å². The summed E-state index contributed by atoms with van der Waals surface area (Å²) in [5.74, 6) is -0.294. The summed E-state index contributed by atoms with van der Waals surface area (Å²) in [4.78, 5) is 15.8. The number of rotatable bonds is 6. The minimum atomic E-state index is -0.285. The molecular formula is C27H34FN3O. The molecule has 4 rings (SSSR count). The largest absolute Gasteiger partial charge is 0.292 e. The number of carbonyl (C=O) groups is 1. The summed E-state index contributed by atoms with van der Waals surface area (Å²) in [5.41, 5.74) is 5.14. The monoisotopic (exact) mass is 435 g/mol. The Morgan fingerprint density at radius 3 is 2.56 bits per heavy atom. The summed E-state index contributed by atoms with van der Waals surface area (Å²) >= 11 is 0. The van der Waals surface area contributed by atoms with Gasteiger partial charge in [-0.15, -0.1) is 0 Å². The van der Waals surface area contributed by atoms with E-state index in [0.717, 1.165) is 36.2 Å². The van der Waals surface area contributed by atoms with Crippen LogP contribution in [0.15, 0.2) is 47.6 Å². The molecule has 2 aromatic carbocycles. The molecule has 1 heterocycles. The molecule has 32 heavy (non-hydrogen) atoms. The number of amides is 1. The SMILES string of the molecule is CCN(CC(=O)N1N=C(c2ccc(C)c(C)c2)CC1c1cccc(F)c1)C1CCCCC1. The highest BCUT2D eigenvalue weighted by Crippen LogP contribution is 2.34. The molecule has 5 heteroatoms. The molecule has 0 bridgehead atoms. The van der Waals surface area contributed by atoms with Gasteiger partial charge in [0.05, 0.1) is 18.3 Å². The fourth-order valence-corrected chi connectivity index (χ4v) is 5.00. The quantitative estimate of drug-likeness (QED) is 0.577. The lowest BCUT2D eigenvalue weighted by Crippen LogP contribution is -2.44. The van der Waals surface area contributed by atoms with Crippen LogP contribution in [-0.2, 0) is 4.79 Å². The predicted octanol–water partition coefficient (Wildman–Crippen LogP) is 5.77. The normalized spacial score (nSPS) is 19.5. The van der Waals surface area contributed by atoms with Gasteiger partial charge in [0, 0.05) is 12.5 Å². The van der Waals surface area contributed by atoms with Crippen molar-refractivity contribution >= 4 is 11.6 Å². The zero-order chi connectivity index (χ0) is 22.7. The maximum atomic E-state index is 14.0. The van der Waals surface area contributed by atoms with E-state index < -0.39 is 0 Å². The van der Waals surface area contributed by atoms with E-state index in [1.807, 2.05) is 6.07 Å². The Balaban J connectivity index is 1.61. The van der Waals surface area contributed by atoms with Crippen molar-refractivity contribution in [1.29, 1.82) is 0 Å². The molecule has 1 amide bonds. The van der Waals surface area contributed by atoms with Gasteiger partial charge in [-0.2, -0.15) is 5.10 Å². The lowest BCUT2D eigenvalue weighted by molar-refractivity contribution is -0.135. The van der Waals surface area contributed by atoms with E-state index in [1.54, 1.807) is 11.1 Å². The molecule has 0 spiro atoms. The van der Waals surface area contributed by atoms with Crippen LogP contribution >= 0.6 is 0 Å². The molecule has 1 saturated carbocycles. The fraction of sp³-hybridized carbons (Fsp3) is 0.481. The Morgan fingerprint density at radius 2 is 1.88 bits per heavy atom. The average molecular weight is 436 g/mol. The topological polar surface area (TPSA) is 35.9 Å². The van der Waals surface area contributed by atoms with Gasteiger partial charge >= 0.3 is 0 Å². The second-order valence-corrected chi connectivity index (χ2v) is 9.21. The second kappa shape index (κ2) is 9.95. The highest BCUT2D eigenvalue weighted by Gasteiger charge is 2.34. The van der Waals surface area contributed by atoms with Gasteiger partial charge in [-0.25, -0.2) is 9.40 Å². The highest BCUT2D eigenvalue weighted by molar-refractivity contribution is 6.03. The number of hydrogen-bond donors (Lipinski definition) is 0. The van der Waals surface area contributed by atoms with Gasteiger partial charge in [-0.3, -0.25) is 9.69 Å². The van der Waals surface area contributed by atoms with E-state index in [1.165, 1.54) is 42.5 Å². The number of aryl methyl sites for hydroxylation is 2. The minimum absolute atomic E-state index is 0.00878. The van der Waals surface area contributed by atoms with Gasteiger partial charge in [0.2, 0.25) is 0 Å². The van der Waals surface area contributed by atoms with Crippen LogP contribution in [0.5, 0.6) is 0 Å². The third kappa shape index (κ3) is 4.93. The summed E-state index contributed by atoms with van der Waals surface area (Å²) in [7, 11) is 0. The molecule has 0 saturated heterocycles. The standard InChI is InChI=1S/C27H34FN3O/c1-4-30(24-11-6-5-7-12-24)18-27(32)31-26(22-9-8-10-23(28)16-22)17-25(29-31)21-14-13-19(2)20(3)15-21/h8-10,13-16,24,26H,4-7,11-12,17-18H2,1-3H3. The van der Waals surface area contributed by atoms with Crippen LogP contribution in [0.25, 0.3) is 0 Å². The van der Waals surface area contributed by atoms with E-state index >= 15 is 0 Å². The predicted molar refractivity (Wildman–Crippen MR) is 127 cm³/mol. The van der Waals surface area contributed by atoms with Crippen molar-refractivity contribution in [2.24, 2.45) is 5.10 Å². The van der Waals surface area contributed by atoms with Crippen LogP contribution in [-0.4, -0.2) is 40.7 Å². The van der Waals surface area contributed by atoms with Gasteiger partial charge in [0.15, 0.2) is 0 Å². The van der Waals surface area contributed by atoms with E-state index in [4.69, 9.17) is 5.10 Å². The first kappa shape index (κ1) is 22.7. The van der Waals surface area contributed by atoms with E-state index in [2.05, 4.69) is 43.9 Å². The first-order chi connectivity index (χ1) is 15.5. The lowest BCUT2D eigenvalue weighted by Gasteiger charge is -2.34. The van der Waals surface area contributed by atoms with Crippen molar-refractivity contribution in [1.82, 2.24) is 9.91 Å². The molecule has 0 radical (unpaired) electrons. The molecule has 1 unspecified atom stereocenters. The summed E-state index contributed by atoms with van der Waals surface area (Å²) in [5, 5.41) is 6.42. The lowest BCUT2D eigenvalue weighted by atomic mass is 9.94. The number of carbonyl (C=O) groups excluding carboxylic acids is 1. The number of hydrazone groups is 1. The van der Waals surface area contributed by atoms with Crippen LogP contribution in [0.2, 0.25) is 0 Å². The molecule has 1 atom stereocenters. The molecular weight excluding hydrogens is 401 g/mol. The van der Waals surface area contributed by atoms with Crippen LogP contribution in [0, 0.1) is 19.7 Å². The summed E-state index contributed by atoms with van der Waals surface area (Å²) < 4.78 is 14.0. The van der Waals surface area contributed by atoms with Crippen LogP contribution in [0.4, 0.5) is 4.39 Å². The zero-order valence-electron chi connectivity index (χ0n) is 19.5. The maximum absolute atomic E-state index is 14.0. The molecule has 2 aliphatic rings. The van der Waals surface area contributed by atoms with Crippen molar-refractivity contribution < 1.29 is 9.18 Å². The third-order valence-electron chi connectivity index (χ3n) is 7.08. The first-order valence-electron chi connectivity index (χ1n) is 11.9. The smallest absolute Gasteiger partial charge is 0.257 e. The number of nitrogens with zero attached hydrogens (tertiary/aromatic N) is 3. The van der Waals surface area contributed by atoms with Crippen LogP contribution < -0.4 is 0 Å². The van der Waals surface area contributed by atoms with Crippen molar-refractivity contribution in [3.05, 3.63) is 70.5 Å². The Morgan fingerprint density at radius 1 is 1.09 bits per heavy atom. The highest BCUT2D eigenvalue weighted by atomic mass is 19.1. The van der Waals surface area contributed by atoms with Crippen molar-refractivity contribution in [2.75, 3.05) is 13.1 Å². The van der Waals surface area contributed by atoms with Gasteiger partial charge in [-0.1, -0.05) is 50.5 Å². The zero-order valence-corrected chi connectivity index (χ0v) is 19.5. The Hall–Kier alpha value is -2.53. The first-order valence-corrected chi connectivity index (χ1v) is 11.9. The summed E-state index contributed by atoms with van der Waals surface area (Å²) in [6.45, 7) is 7.51. The van der Waals surface area contributed by atoms with Gasteiger partial charge in [0.25, 0.3) is 5.91 Å². The molecule has 1 aliphatic heterocycles. The minimum Gasteiger partial charge on any atom is -0.292 e. The maximum Gasteiger partial charge on any atom is 0.257 e. The Bertz CT molecular complexity index is 996. The van der Waals surface area contributed by atoms with Gasteiger partial charge in [0.1, 0.15) is 5.82 Å². The van der Waals surface area contributed by atoms with Gasteiger partial charge in [-0.05, 0) is 73.7 Å². The molecule has 4 nitrogen and oxygen atoms in total. The molecule has 1 aliphatic carbocycles. The molecule has 1 fully saturated rings. The van der Waals surface area contributed by atoms with Crippen molar-refractivity contribution in [3.63, 3.8) is 0 Å². The Labute approximate surface area is 191 Å². The fourth-order valence-electron chi connectivity index (χ4n) is 5.00. The van der Waals surface area contributed by atoms with E-state index in [-0.39, 0.29) is 17.8 Å². The van der Waals surface area contributed by atoms with Crippen LogP contribution in [0.1, 0.15) is 73.7 Å². The number of likely N-dealkylation sites (N-methyl/N-ethyl adjacent to an activating group) is 1. The van der Waals surface area contributed by atoms with E-state index in [9.17, 15) is 9.18 Å². The Kier molecular flexibility index (Phi) is 7.04. The summed E-state index contributed by atoms with van der Waals surface area (Å²) in [6.07, 6.45) is 6.67. The molecule has 0 aromatic heterocycles.